The molecule has 0 aliphatic carbocycles. The van der Waals surface area contributed by atoms with Gasteiger partial charge in [-0.15, -0.1) is 4.68 Å². The highest BCUT2D eigenvalue weighted by atomic mass is 16.6. The summed E-state index contributed by atoms with van der Waals surface area (Å²) < 4.78 is 0.930. The van der Waals surface area contributed by atoms with Crippen LogP contribution in [0.2, 0.25) is 0 Å². The average Bonchev–Trinajstić information content (AvgIpc) is 2.33. The highest BCUT2D eigenvalue weighted by Gasteiger charge is 2.17. The molecule has 2 rings (SSSR count). The molecule has 0 aliphatic rings. The fourth-order valence-corrected chi connectivity index (χ4v) is 1.62. The fraction of sp³-hybridized carbons (Fsp3) is 0.0909. The van der Waals surface area contributed by atoms with Crippen molar-refractivity contribution in [1.82, 2.24) is 9.78 Å². The zero-order chi connectivity index (χ0) is 13.3. The van der Waals surface area contributed by atoms with E-state index < -0.39 is 16.3 Å². The first kappa shape index (κ1) is 11.8. The molecular weight excluding hydrogens is 236 g/mol. The lowest BCUT2D eigenvalue weighted by Gasteiger charge is -2.04. The molecule has 7 heteroatoms. The summed E-state index contributed by atoms with van der Waals surface area (Å²) in [7, 11) is 1.36. The normalized spacial score (nSPS) is 10.3. The lowest BCUT2D eigenvalue weighted by molar-refractivity contribution is -0.390. The van der Waals surface area contributed by atoms with E-state index in [1.807, 2.05) is 0 Å². The topological polar surface area (TPSA) is 104 Å². The van der Waals surface area contributed by atoms with Crippen molar-refractivity contribution >= 4 is 11.5 Å². The van der Waals surface area contributed by atoms with Gasteiger partial charge in [-0.2, -0.15) is 0 Å². The van der Waals surface area contributed by atoms with Crippen LogP contribution in [0.5, 0.6) is 0 Å². The summed E-state index contributed by atoms with van der Waals surface area (Å²) in [5.74, 6) is -0.393. The van der Waals surface area contributed by atoms with Gasteiger partial charge in [-0.3, -0.25) is 4.79 Å². The van der Waals surface area contributed by atoms with Crippen molar-refractivity contribution in [2.75, 3.05) is 5.73 Å². The van der Waals surface area contributed by atoms with Crippen LogP contribution >= 0.6 is 0 Å². The Morgan fingerprint density at radius 1 is 1.33 bits per heavy atom. The van der Waals surface area contributed by atoms with E-state index >= 15 is 0 Å². The SMILES string of the molecule is Cn1nc([N+](=O)[O-])cc(-c2ccccc2N)c1=O. The van der Waals surface area contributed by atoms with Gasteiger partial charge >= 0.3 is 5.82 Å². The van der Waals surface area contributed by atoms with Crippen LogP contribution in [-0.2, 0) is 7.05 Å². The van der Waals surface area contributed by atoms with E-state index in [9.17, 15) is 14.9 Å². The highest BCUT2D eigenvalue weighted by molar-refractivity contribution is 5.76. The Morgan fingerprint density at radius 3 is 2.61 bits per heavy atom. The summed E-state index contributed by atoms with van der Waals surface area (Å²) in [5, 5.41) is 14.3. The molecule has 0 fully saturated rings. The first-order valence-corrected chi connectivity index (χ1v) is 5.08. The van der Waals surface area contributed by atoms with Gasteiger partial charge in [0.05, 0.1) is 23.8 Å². The minimum Gasteiger partial charge on any atom is -0.398 e. The van der Waals surface area contributed by atoms with Crippen LogP contribution in [0, 0.1) is 10.1 Å². The van der Waals surface area contributed by atoms with Gasteiger partial charge in [0.2, 0.25) is 0 Å². The molecule has 2 N–H and O–H groups in total. The van der Waals surface area contributed by atoms with E-state index in [0.29, 0.717) is 11.3 Å². The summed E-state index contributed by atoms with van der Waals surface area (Å²) >= 11 is 0. The minimum atomic E-state index is -0.651. The van der Waals surface area contributed by atoms with Gasteiger partial charge < -0.3 is 15.8 Å². The molecule has 0 aliphatic heterocycles. The van der Waals surface area contributed by atoms with Crippen LogP contribution in [0.4, 0.5) is 11.5 Å². The smallest absolute Gasteiger partial charge is 0.389 e. The van der Waals surface area contributed by atoms with Crippen molar-refractivity contribution in [2.24, 2.45) is 7.05 Å². The van der Waals surface area contributed by atoms with Crippen LogP contribution in [-0.4, -0.2) is 14.7 Å². The van der Waals surface area contributed by atoms with Crippen molar-refractivity contribution in [3.05, 3.63) is 50.8 Å². The molecule has 1 heterocycles. The number of nitrogen functional groups attached to an aromatic ring is 1. The predicted molar refractivity (Wildman–Crippen MR) is 66.0 cm³/mol. The number of nitrogens with zero attached hydrogens (tertiary/aromatic N) is 3. The van der Waals surface area contributed by atoms with Gasteiger partial charge in [-0.05, 0) is 11.0 Å². The number of hydrogen-bond acceptors (Lipinski definition) is 5. The molecule has 0 amide bonds. The number of anilines is 1. The molecule has 0 saturated heterocycles. The zero-order valence-electron chi connectivity index (χ0n) is 9.53. The second-order valence-corrected chi connectivity index (χ2v) is 3.69. The highest BCUT2D eigenvalue weighted by Crippen LogP contribution is 2.24. The monoisotopic (exact) mass is 246 g/mol. The Balaban J connectivity index is 2.75. The van der Waals surface area contributed by atoms with Gasteiger partial charge in [0.25, 0.3) is 5.56 Å². The molecule has 0 bridgehead atoms. The number of benzene rings is 1. The van der Waals surface area contributed by atoms with Crippen molar-refractivity contribution in [3.8, 4) is 11.1 Å². The molecule has 0 saturated carbocycles. The lowest BCUT2D eigenvalue weighted by Crippen LogP contribution is -2.22. The summed E-state index contributed by atoms with van der Waals surface area (Å²) in [6.07, 6.45) is 0. The molecule has 2 aromatic rings. The molecule has 0 unspecified atom stereocenters. The number of para-hydroxylation sites is 1. The summed E-state index contributed by atoms with van der Waals surface area (Å²) in [6.45, 7) is 0. The van der Waals surface area contributed by atoms with Gasteiger partial charge in [-0.1, -0.05) is 18.2 Å². The third kappa shape index (κ3) is 1.93. The maximum atomic E-state index is 11.9. The number of aromatic nitrogens is 2. The van der Waals surface area contributed by atoms with Gasteiger partial charge in [0, 0.05) is 11.3 Å². The maximum absolute atomic E-state index is 11.9. The van der Waals surface area contributed by atoms with Gasteiger partial charge in [0.15, 0.2) is 0 Å². The molecule has 18 heavy (non-hydrogen) atoms. The largest absolute Gasteiger partial charge is 0.398 e. The minimum absolute atomic E-state index is 0.164. The summed E-state index contributed by atoms with van der Waals surface area (Å²) in [5.41, 5.74) is 6.34. The maximum Gasteiger partial charge on any atom is 0.389 e. The van der Waals surface area contributed by atoms with Crippen LogP contribution in [0.15, 0.2) is 35.1 Å². The quantitative estimate of drug-likeness (QED) is 0.482. The van der Waals surface area contributed by atoms with E-state index in [2.05, 4.69) is 5.10 Å². The molecular formula is C11H10N4O3. The number of nitrogens with two attached hydrogens (primary N) is 1. The Bertz CT molecular complexity index is 678. The fourth-order valence-electron chi connectivity index (χ4n) is 1.62. The lowest BCUT2D eigenvalue weighted by atomic mass is 10.1. The molecule has 1 aromatic heterocycles. The Morgan fingerprint density at radius 2 is 2.00 bits per heavy atom. The first-order chi connectivity index (χ1) is 8.50. The van der Waals surface area contributed by atoms with E-state index in [-0.39, 0.29) is 5.56 Å². The second-order valence-electron chi connectivity index (χ2n) is 3.69. The van der Waals surface area contributed by atoms with Crippen molar-refractivity contribution in [3.63, 3.8) is 0 Å². The van der Waals surface area contributed by atoms with Crippen LogP contribution in [0.1, 0.15) is 0 Å². The first-order valence-electron chi connectivity index (χ1n) is 5.08. The molecule has 92 valence electrons. The van der Waals surface area contributed by atoms with Crippen molar-refractivity contribution < 1.29 is 4.92 Å². The summed E-state index contributed by atoms with van der Waals surface area (Å²) in [4.78, 5) is 22.0. The number of rotatable bonds is 2. The van der Waals surface area contributed by atoms with E-state index in [0.717, 1.165) is 10.7 Å². The second kappa shape index (κ2) is 4.28. The van der Waals surface area contributed by atoms with Gasteiger partial charge in [0.1, 0.15) is 0 Å². The Hall–Kier alpha value is -2.70. The number of aryl methyl sites for hydroxylation is 1. The van der Waals surface area contributed by atoms with Crippen LogP contribution in [0.3, 0.4) is 0 Å². The average molecular weight is 246 g/mol. The molecule has 7 nitrogen and oxygen atoms in total. The molecule has 0 radical (unpaired) electrons. The number of nitro groups is 1. The van der Waals surface area contributed by atoms with Crippen molar-refractivity contribution in [1.29, 1.82) is 0 Å². The van der Waals surface area contributed by atoms with E-state index in [1.165, 1.54) is 7.05 Å². The molecule has 0 spiro atoms. The number of hydrogen-bond donors (Lipinski definition) is 1. The predicted octanol–water partition coefficient (Wildman–Crippen LogP) is 0.938. The molecule has 0 atom stereocenters. The standard InChI is InChI=1S/C11H10N4O3/c1-14-11(16)8(6-10(13-14)15(17)18)7-4-2-3-5-9(7)12/h2-6H,12H2,1H3. The van der Waals surface area contributed by atoms with Crippen LogP contribution < -0.4 is 11.3 Å². The third-order valence-electron chi connectivity index (χ3n) is 2.49. The molecule has 1 aromatic carbocycles. The Kier molecular flexibility index (Phi) is 2.80. The zero-order valence-corrected chi connectivity index (χ0v) is 9.53. The summed E-state index contributed by atoms with van der Waals surface area (Å²) in [6, 6.07) is 7.82. The van der Waals surface area contributed by atoms with Crippen molar-refractivity contribution in [2.45, 2.75) is 0 Å². The van der Waals surface area contributed by atoms with E-state index in [4.69, 9.17) is 5.73 Å². The van der Waals surface area contributed by atoms with E-state index in [1.54, 1.807) is 24.3 Å². The Labute approximate surface area is 102 Å². The van der Waals surface area contributed by atoms with Crippen LogP contribution in [0.25, 0.3) is 11.1 Å². The third-order valence-corrected chi connectivity index (χ3v) is 2.49. The van der Waals surface area contributed by atoms with Gasteiger partial charge in [-0.25, -0.2) is 0 Å².